The van der Waals surface area contributed by atoms with Crippen molar-refractivity contribution in [3.05, 3.63) is 41.7 Å². The molecule has 1 fully saturated rings. The molecule has 2 aromatic rings. The van der Waals surface area contributed by atoms with Gasteiger partial charge in [-0.3, -0.25) is 9.59 Å². The number of hydrogen-bond acceptors (Lipinski definition) is 4. The van der Waals surface area contributed by atoms with Gasteiger partial charge in [0.1, 0.15) is 5.76 Å². The van der Waals surface area contributed by atoms with Crippen molar-refractivity contribution in [2.45, 2.75) is 64.7 Å². The van der Waals surface area contributed by atoms with Gasteiger partial charge in [0.05, 0.1) is 6.42 Å². The summed E-state index contributed by atoms with van der Waals surface area (Å²) in [5.41, 5.74) is 1.48. The van der Waals surface area contributed by atoms with Crippen LogP contribution in [0.15, 0.2) is 34.9 Å². The number of carbonyl (C=O) groups excluding carboxylic acids is 2. The Morgan fingerprint density at radius 3 is 2.36 bits per heavy atom. The van der Waals surface area contributed by atoms with E-state index >= 15 is 0 Å². The van der Waals surface area contributed by atoms with E-state index in [9.17, 15) is 9.59 Å². The molecule has 3 rings (SSSR count). The Morgan fingerprint density at radius 2 is 1.75 bits per heavy atom. The molecule has 0 radical (unpaired) electrons. The van der Waals surface area contributed by atoms with E-state index in [0.29, 0.717) is 5.82 Å². The van der Waals surface area contributed by atoms with E-state index in [1.807, 2.05) is 45.0 Å². The first-order valence-corrected chi connectivity index (χ1v) is 9.98. The van der Waals surface area contributed by atoms with Gasteiger partial charge in [-0.1, -0.05) is 57.3 Å². The summed E-state index contributed by atoms with van der Waals surface area (Å²) < 4.78 is 5.28. The highest BCUT2D eigenvalue weighted by Crippen LogP contribution is 2.26. The van der Waals surface area contributed by atoms with Crippen LogP contribution in [-0.4, -0.2) is 17.0 Å². The number of rotatable bonds is 5. The maximum atomic E-state index is 12.3. The largest absolute Gasteiger partial charge is 0.359 e. The molecule has 0 bridgehead atoms. The fourth-order valence-electron chi connectivity index (χ4n) is 3.38. The fraction of sp³-hybridized carbons (Fsp3) is 0.500. The molecular weight excluding hydrogens is 354 g/mol. The minimum Gasteiger partial charge on any atom is -0.359 e. The van der Waals surface area contributed by atoms with Gasteiger partial charge >= 0.3 is 0 Å². The zero-order valence-corrected chi connectivity index (χ0v) is 16.9. The maximum absolute atomic E-state index is 12.3. The van der Waals surface area contributed by atoms with Crippen LogP contribution < -0.4 is 10.6 Å². The molecule has 1 aromatic carbocycles. The highest BCUT2D eigenvalue weighted by Gasteiger charge is 2.21. The molecule has 0 atom stereocenters. The first-order chi connectivity index (χ1) is 13.3. The topological polar surface area (TPSA) is 84.2 Å². The molecule has 0 aliphatic heterocycles. The minimum atomic E-state index is -0.159. The molecule has 28 heavy (non-hydrogen) atoms. The lowest BCUT2D eigenvalue weighted by Crippen LogP contribution is -2.24. The summed E-state index contributed by atoms with van der Waals surface area (Å²) >= 11 is 0. The normalized spacial score (nSPS) is 15.2. The number of hydrogen-bond donors (Lipinski definition) is 2. The van der Waals surface area contributed by atoms with E-state index in [1.165, 1.54) is 6.42 Å². The average Bonchev–Trinajstić information content (AvgIpc) is 3.13. The predicted octanol–water partition coefficient (Wildman–Crippen LogP) is 4.67. The molecular formula is C22H29N3O3. The van der Waals surface area contributed by atoms with Crippen LogP contribution in [-0.2, 0) is 21.4 Å². The Hall–Kier alpha value is -2.63. The monoisotopic (exact) mass is 383 g/mol. The van der Waals surface area contributed by atoms with Gasteiger partial charge in [-0.05, 0) is 30.5 Å². The van der Waals surface area contributed by atoms with E-state index in [4.69, 9.17) is 4.52 Å². The van der Waals surface area contributed by atoms with E-state index in [-0.39, 0.29) is 29.6 Å². The van der Waals surface area contributed by atoms with Crippen molar-refractivity contribution in [1.29, 1.82) is 0 Å². The predicted molar refractivity (Wildman–Crippen MR) is 109 cm³/mol. The summed E-state index contributed by atoms with van der Waals surface area (Å²) in [6, 6.07) is 9.16. The second kappa shape index (κ2) is 8.59. The Kier molecular flexibility index (Phi) is 6.17. The summed E-state index contributed by atoms with van der Waals surface area (Å²) in [6.45, 7) is 6.06. The third kappa shape index (κ3) is 5.44. The summed E-state index contributed by atoms with van der Waals surface area (Å²) in [7, 11) is 0. The van der Waals surface area contributed by atoms with Crippen molar-refractivity contribution >= 4 is 23.3 Å². The molecule has 2 amide bonds. The Bertz CT molecular complexity index is 812. The van der Waals surface area contributed by atoms with E-state index in [1.54, 1.807) is 6.07 Å². The molecule has 1 aliphatic carbocycles. The zero-order valence-electron chi connectivity index (χ0n) is 16.9. The number of anilines is 2. The molecule has 6 nitrogen and oxygen atoms in total. The second-order valence-corrected chi connectivity index (χ2v) is 8.57. The van der Waals surface area contributed by atoms with E-state index < -0.39 is 0 Å². The van der Waals surface area contributed by atoms with Gasteiger partial charge in [0.2, 0.25) is 11.8 Å². The van der Waals surface area contributed by atoms with Crippen molar-refractivity contribution in [2.24, 2.45) is 5.92 Å². The number of nitrogens with one attached hydrogen (secondary N) is 2. The lowest BCUT2D eigenvalue weighted by Gasteiger charge is -2.20. The highest BCUT2D eigenvalue weighted by molar-refractivity contribution is 5.93. The first kappa shape index (κ1) is 20.1. The number of benzene rings is 1. The van der Waals surface area contributed by atoms with Crippen molar-refractivity contribution in [2.75, 3.05) is 10.6 Å². The van der Waals surface area contributed by atoms with Gasteiger partial charge in [0.15, 0.2) is 5.82 Å². The van der Waals surface area contributed by atoms with Crippen molar-refractivity contribution in [1.82, 2.24) is 5.16 Å². The van der Waals surface area contributed by atoms with Crippen molar-refractivity contribution in [3.8, 4) is 0 Å². The van der Waals surface area contributed by atoms with Crippen LogP contribution in [0.25, 0.3) is 0 Å². The average molecular weight is 383 g/mol. The molecule has 1 aliphatic rings. The first-order valence-electron chi connectivity index (χ1n) is 9.98. The third-order valence-corrected chi connectivity index (χ3v) is 5.08. The van der Waals surface area contributed by atoms with Crippen LogP contribution in [0.5, 0.6) is 0 Å². The standard InChI is InChI=1S/C22H29N3O3/c1-22(2,3)18-14-19(25-28-18)24-20(26)13-15-9-11-17(12-10-15)23-21(27)16-7-5-4-6-8-16/h9-12,14,16H,4-8,13H2,1-3H3,(H,23,27)(H,24,25,26). The van der Waals surface area contributed by atoms with Crippen LogP contribution in [0.3, 0.4) is 0 Å². The quantitative estimate of drug-likeness (QED) is 0.786. The van der Waals surface area contributed by atoms with Gasteiger partial charge in [-0.15, -0.1) is 0 Å². The van der Waals surface area contributed by atoms with Crippen molar-refractivity contribution in [3.63, 3.8) is 0 Å². The van der Waals surface area contributed by atoms with Crippen LogP contribution >= 0.6 is 0 Å². The molecule has 6 heteroatoms. The van der Waals surface area contributed by atoms with Crippen LogP contribution in [0.1, 0.15) is 64.2 Å². The molecule has 0 saturated heterocycles. The van der Waals surface area contributed by atoms with E-state index in [0.717, 1.165) is 42.7 Å². The number of carbonyl (C=O) groups is 2. The minimum absolute atomic E-state index is 0.103. The van der Waals surface area contributed by atoms with E-state index in [2.05, 4.69) is 15.8 Å². The molecule has 2 N–H and O–H groups in total. The Labute approximate surface area is 166 Å². The molecule has 150 valence electrons. The third-order valence-electron chi connectivity index (χ3n) is 5.08. The van der Waals surface area contributed by atoms with Gasteiger partial charge in [0, 0.05) is 23.1 Å². The summed E-state index contributed by atoms with van der Waals surface area (Å²) in [5, 5.41) is 9.65. The molecule has 0 spiro atoms. The fourth-order valence-corrected chi connectivity index (χ4v) is 3.38. The molecule has 1 heterocycles. The lowest BCUT2D eigenvalue weighted by atomic mass is 9.88. The highest BCUT2D eigenvalue weighted by atomic mass is 16.5. The van der Waals surface area contributed by atoms with Gasteiger partial charge in [-0.2, -0.15) is 0 Å². The lowest BCUT2D eigenvalue weighted by molar-refractivity contribution is -0.120. The van der Waals surface area contributed by atoms with Gasteiger partial charge < -0.3 is 15.2 Å². The number of aromatic nitrogens is 1. The van der Waals surface area contributed by atoms with Crippen LogP contribution in [0.2, 0.25) is 0 Å². The van der Waals surface area contributed by atoms with Gasteiger partial charge in [0.25, 0.3) is 0 Å². The second-order valence-electron chi connectivity index (χ2n) is 8.57. The Balaban J connectivity index is 1.51. The summed E-state index contributed by atoms with van der Waals surface area (Å²) in [6.07, 6.45) is 5.68. The van der Waals surface area contributed by atoms with Crippen LogP contribution in [0, 0.1) is 5.92 Å². The molecule has 1 saturated carbocycles. The summed E-state index contributed by atoms with van der Waals surface area (Å²) in [5.74, 6) is 1.21. The van der Waals surface area contributed by atoms with Crippen LogP contribution in [0.4, 0.5) is 11.5 Å². The SMILES string of the molecule is CC(C)(C)c1cc(NC(=O)Cc2ccc(NC(=O)C3CCCCC3)cc2)no1. The molecule has 0 unspecified atom stereocenters. The number of amides is 2. The zero-order chi connectivity index (χ0) is 20.1. The summed E-state index contributed by atoms with van der Waals surface area (Å²) in [4.78, 5) is 24.6. The smallest absolute Gasteiger partial charge is 0.230 e. The van der Waals surface area contributed by atoms with Gasteiger partial charge in [-0.25, -0.2) is 0 Å². The Morgan fingerprint density at radius 1 is 1.07 bits per heavy atom. The maximum Gasteiger partial charge on any atom is 0.230 e. The van der Waals surface area contributed by atoms with Crippen molar-refractivity contribution < 1.29 is 14.1 Å². The molecule has 1 aromatic heterocycles. The number of nitrogens with zero attached hydrogens (tertiary/aromatic N) is 1.